The highest BCUT2D eigenvalue weighted by Gasteiger charge is 2.46. The van der Waals surface area contributed by atoms with Crippen LogP contribution in [-0.2, 0) is 12.1 Å². The Morgan fingerprint density at radius 3 is 2.53 bits per heavy atom. The number of aromatic nitrogens is 2. The first kappa shape index (κ1) is 26.1. The highest BCUT2D eigenvalue weighted by atomic mass is 35.5. The van der Waals surface area contributed by atoms with Crippen molar-refractivity contribution in [1.82, 2.24) is 9.97 Å². The van der Waals surface area contributed by atoms with Crippen LogP contribution in [0.25, 0.3) is 0 Å². The van der Waals surface area contributed by atoms with Gasteiger partial charge in [0.1, 0.15) is 35.3 Å². The van der Waals surface area contributed by atoms with Gasteiger partial charge in [0.25, 0.3) is 0 Å². The van der Waals surface area contributed by atoms with Crippen LogP contribution in [0.4, 0.5) is 20.3 Å². The summed E-state index contributed by atoms with van der Waals surface area (Å²) in [5, 5.41) is 3.62. The van der Waals surface area contributed by atoms with Gasteiger partial charge in [0.05, 0.1) is 41.9 Å². The van der Waals surface area contributed by atoms with E-state index in [9.17, 15) is 4.39 Å². The Morgan fingerprint density at radius 1 is 1.03 bits per heavy atom. The third kappa shape index (κ3) is 5.49. The molecule has 1 aliphatic rings. The second-order valence-corrected chi connectivity index (χ2v) is 10.3. The monoisotopic (exact) mass is 554 g/mol. The van der Waals surface area contributed by atoms with E-state index in [1.54, 1.807) is 56.8 Å². The number of ether oxygens (including phenoxy) is 2. The molecule has 0 amide bonds. The van der Waals surface area contributed by atoms with Crippen LogP contribution in [0, 0.1) is 11.6 Å². The first-order valence-electron chi connectivity index (χ1n) is 11.9. The molecule has 38 heavy (non-hydrogen) atoms. The fourth-order valence-corrected chi connectivity index (χ4v) is 5.47. The lowest BCUT2D eigenvalue weighted by molar-refractivity contribution is 0.391. The molecule has 0 bridgehead atoms. The predicted molar refractivity (Wildman–Crippen MR) is 146 cm³/mol. The fourth-order valence-electron chi connectivity index (χ4n) is 4.24. The molecule has 10 heteroatoms. The number of anilines is 2. The maximum Gasteiger partial charge on any atom is 0.142 e. The summed E-state index contributed by atoms with van der Waals surface area (Å²) < 4.78 is 42.6. The van der Waals surface area contributed by atoms with Crippen LogP contribution in [0.3, 0.4) is 0 Å². The van der Waals surface area contributed by atoms with E-state index in [1.807, 2.05) is 16.4 Å². The van der Waals surface area contributed by atoms with Gasteiger partial charge in [-0.05, 0) is 61.2 Å². The molecule has 0 spiro atoms. The minimum Gasteiger partial charge on any atom is -0.497 e. The summed E-state index contributed by atoms with van der Waals surface area (Å²) in [5.74, 6) is 1.11. The van der Waals surface area contributed by atoms with Crippen molar-refractivity contribution in [1.29, 1.82) is 0 Å². The molecule has 1 N–H and O–H groups in total. The Kier molecular flexibility index (Phi) is 7.58. The maximum absolute atomic E-state index is 15.5. The van der Waals surface area contributed by atoms with Gasteiger partial charge in [-0.25, -0.2) is 18.7 Å². The van der Waals surface area contributed by atoms with Crippen molar-refractivity contribution < 1.29 is 18.3 Å². The molecule has 5 rings (SSSR count). The lowest BCUT2D eigenvalue weighted by atomic mass is 10.0. The molecule has 3 aromatic carbocycles. The molecule has 1 aliphatic carbocycles. The van der Waals surface area contributed by atoms with Crippen molar-refractivity contribution in [3.63, 3.8) is 0 Å². The van der Waals surface area contributed by atoms with E-state index in [0.717, 1.165) is 30.4 Å². The number of methoxy groups -OCH3 is 2. The summed E-state index contributed by atoms with van der Waals surface area (Å²) in [4.78, 5) is 8.66. The van der Waals surface area contributed by atoms with Crippen LogP contribution in [0.5, 0.6) is 11.5 Å². The number of hydrogen-bond donors (Lipinski definition) is 1. The van der Waals surface area contributed by atoms with Crippen molar-refractivity contribution in [2.45, 2.75) is 29.8 Å². The van der Waals surface area contributed by atoms with Crippen molar-refractivity contribution in [3.8, 4) is 11.5 Å². The first-order valence-corrected chi connectivity index (χ1v) is 13.0. The Bertz CT molecular complexity index is 1440. The van der Waals surface area contributed by atoms with Crippen LogP contribution < -0.4 is 19.1 Å². The minimum absolute atomic E-state index is 0.296. The van der Waals surface area contributed by atoms with Gasteiger partial charge in [0, 0.05) is 23.4 Å². The zero-order valence-corrected chi connectivity index (χ0v) is 22.3. The number of nitrogens with zero attached hydrogens (tertiary/aromatic N) is 3. The van der Waals surface area contributed by atoms with Gasteiger partial charge < -0.3 is 14.8 Å². The van der Waals surface area contributed by atoms with E-state index in [4.69, 9.17) is 21.1 Å². The highest BCUT2D eigenvalue weighted by Crippen LogP contribution is 2.50. The number of halogens is 3. The Morgan fingerprint density at radius 2 is 1.84 bits per heavy atom. The van der Waals surface area contributed by atoms with E-state index < -0.39 is 11.4 Å². The molecule has 0 atom stereocenters. The largest absolute Gasteiger partial charge is 0.497 e. The number of rotatable bonds is 10. The zero-order valence-electron chi connectivity index (χ0n) is 20.7. The second-order valence-electron chi connectivity index (χ2n) is 8.82. The molecular weight excluding hydrogens is 530 g/mol. The Balaban J connectivity index is 1.42. The molecule has 1 saturated carbocycles. The predicted octanol–water partition coefficient (Wildman–Crippen LogP) is 7.24. The van der Waals surface area contributed by atoms with E-state index in [1.165, 1.54) is 18.5 Å². The SMILES string of the molecule is COc1ccc(CN(Sc2cc(Cl)c(NC3(c4ccccc4F)CC3)cc2F)c2ccncn2)c(OC)c1. The zero-order chi connectivity index (χ0) is 26.7. The summed E-state index contributed by atoms with van der Waals surface area (Å²) in [6.07, 6.45) is 4.51. The van der Waals surface area contributed by atoms with Crippen LogP contribution in [0.1, 0.15) is 24.0 Å². The standard InChI is InChI=1S/C28H25ClF2N4O2S/c1-36-19-8-7-18(25(13-19)37-2)16-35(27-9-12-32-17-33-27)38-26-14-21(29)24(15-23(26)31)34-28(10-11-28)20-5-3-4-6-22(20)30/h3-9,12-15,17,34H,10-11,16H2,1-2H3. The molecule has 0 aliphatic heterocycles. The molecule has 1 aromatic heterocycles. The Labute approximate surface area is 229 Å². The summed E-state index contributed by atoms with van der Waals surface area (Å²) in [5.41, 5.74) is 1.23. The van der Waals surface area contributed by atoms with Crippen LogP contribution in [0.15, 0.2) is 78.1 Å². The van der Waals surface area contributed by atoms with Gasteiger partial charge in [0.2, 0.25) is 0 Å². The molecule has 1 heterocycles. The molecule has 0 radical (unpaired) electrons. The van der Waals surface area contributed by atoms with Gasteiger partial charge in [-0.3, -0.25) is 4.31 Å². The molecular formula is C28H25ClF2N4O2S. The maximum atomic E-state index is 15.5. The van der Waals surface area contributed by atoms with Gasteiger partial charge in [-0.2, -0.15) is 0 Å². The lowest BCUT2D eigenvalue weighted by Crippen LogP contribution is -2.21. The molecule has 0 unspecified atom stereocenters. The lowest BCUT2D eigenvalue weighted by Gasteiger charge is -2.25. The quantitative estimate of drug-likeness (QED) is 0.207. The average Bonchev–Trinajstić information content (AvgIpc) is 3.72. The van der Waals surface area contributed by atoms with Gasteiger partial charge in [0.15, 0.2) is 0 Å². The van der Waals surface area contributed by atoms with E-state index in [-0.39, 0.29) is 5.82 Å². The van der Waals surface area contributed by atoms with Gasteiger partial charge >= 0.3 is 0 Å². The first-order chi connectivity index (χ1) is 18.4. The molecule has 6 nitrogen and oxygen atoms in total. The summed E-state index contributed by atoms with van der Waals surface area (Å²) in [6.45, 7) is 0.350. The normalized spacial score (nSPS) is 13.6. The van der Waals surface area contributed by atoms with E-state index in [0.29, 0.717) is 45.0 Å². The molecule has 1 fully saturated rings. The average molecular weight is 555 g/mol. The third-order valence-corrected chi connectivity index (χ3v) is 7.73. The topological polar surface area (TPSA) is 59.5 Å². The van der Waals surface area contributed by atoms with Crippen molar-refractivity contribution >= 4 is 35.1 Å². The fraction of sp³-hybridized carbons (Fsp3) is 0.214. The smallest absolute Gasteiger partial charge is 0.142 e. The van der Waals surface area contributed by atoms with E-state index >= 15 is 4.39 Å². The minimum atomic E-state index is -0.589. The van der Waals surface area contributed by atoms with E-state index in [2.05, 4.69) is 15.3 Å². The Hall–Kier alpha value is -3.56. The number of hydrogen-bond acceptors (Lipinski definition) is 7. The highest BCUT2D eigenvalue weighted by molar-refractivity contribution is 8.00. The van der Waals surface area contributed by atoms with Gasteiger partial charge in [-0.1, -0.05) is 29.8 Å². The second kappa shape index (κ2) is 11.0. The van der Waals surface area contributed by atoms with Gasteiger partial charge in [-0.15, -0.1) is 0 Å². The van der Waals surface area contributed by atoms with Crippen LogP contribution in [0.2, 0.25) is 5.02 Å². The van der Waals surface area contributed by atoms with Crippen molar-refractivity contribution in [3.05, 3.63) is 101 Å². The third-order valence-electron chi connectivity index (χ3n) is 6.37. The summed E-state index contributed by atoms with van der Waals surface area (Å²) >= 11 is 7.78. The van der Waals surface area contributed by atoms with Crippen molar-refractivity contribution in [2.24, 2.45) is 0 Å². The molecule has 0 saturated heterocycles. The summed E-state index contributed by atoms with van der Waals surface area (Å²) in [7, 11) is 3.17. The van der Waals surface area contributed by atoms with Crippen LogP contribution >= 0.6 is 23.5 Å². The van der Waals surface area contributed by atoms with Crippen LogP contribution in [-0.4, -0.2) is 24.2 Å². The number of nitrogens with one attached hydrogen (secondary N) is 1. The van der Waals surface area contributed by atoms with Crippen molar-refractivity contribution in [2.75, 3.05) is 23.8 Å². The molecule has 4 aromatic rings. The molecule has 196 valence electrons. The number of benzene rings is 3. The summed E-state index contributed by atoms with van der Waals surface area (Å²) in [6, 6.07) is 16.8.